The molecule has 26 heavy (non-hydrogen) atoms. The third kappa shape index (κ3) is 5.06. The molecular weight excluding hydrogens is 384 g/mol. The minimum atomic E-state index is -0.554. The van der Waals surface area contributed by atoms with Gasteiger partial charge >= 0.3 is 22.5 Å². The lowest BCUT2D eigenvalue weighted by Gasteiger charge is -2.28. The van der Waals surface area contributed by atoms with Crippen LogP contribution in [0.4, 0.5) is 9.59 Å². The highest BCUT2D eigenvalue weighted by molar-refractivity contribution is 8.13. The summed E-state index contributed by atoms with van der Waals surface area (Å²) in [6.45, 7) is 0.0101. The number of esters is 2. The lowest BCUT2D eigenvalue weighted by Crippen LogP contribution is -2.37. The molecule has 144 valence electrons. The van der Waals surface area contributed by atoms with Gasteiger partial charge in [-0.15, -0.1) is 0 Å². The van der Waals surface area contributed by atoms with Crippen LogP contribution in [-0.2, 0) is 28.5 Å². The number of rotatable bonds is 6. The summed E-state index contributed by atoms with van der Waals surface area (Å²) in [4.78, 5) is 46.9. The molecule has 0 amide bonds. The van der Waals surface area contributed by atoms with Crippen molar-refractivity contribution in [3.05, 3.63) is 0 Å². The van der Waals surface area contributed by atoms with E-state index in [2.05, 4.69) is 0 Å². The number of thioether (sulfide) groups is 2. The molecule has 3 fully saturated rings. The Labute approximate surface area is 159 Å². The zero-order valence-electron chi connectivity index (χ0n) is 14.0. The maximum Gasteiger partial charge on any atom is 0.367 e. The zero-order valence-corrected chi connectivity index (χ0v) is 15.7. The highest BCUT2D eigenvalue weighted by Crippen LogP contribution is 2.32. The molecule has 0 N–H and O–H groups in total. The minimum Gasteiger partial charge on any atom is -0.461 e. The van der Waals surface area contributed by atoms with Crippen molar-refractivity contribution in [2.24, 2.45) is 11.8 Å². The van der Waals surface area contributed by atoms with Crippen molar-refractivity contribution in [1.82, 2.24) is 0 Å². The van der Waals surface area contributed by atoms with Gasteiger partial charge in [0.25, 0.3) is 0 Å². The van der Waals surface area contributed by atoms with E-state index >= 15 is 0 Å². The van der Waals surface area contributed by atoms with Gasteiger partial charge in [0.05, 0.1) is 11.8 Å². The van der Waals surface area contributed by atoms with Crippen molar-refractivity contribution >= 4 is 46.1 Å². The van der Waals surface area contributed by atoms with E-state index in [0.29, 0.717) is 24.3 Å². The van der Waals surface area contributed by atoms with E-state index in [9.17, 15) is 19.2 Å². The van der Waals surface area contributed by atoms with Crippen molar-refractivity contribution in [3.63, 3.8) is 0 Å². The highest BCUT2D eigenvalue weighted by atomic mass is 32.2. The van der Waals surface area contributed by atoms with E-state index in [1.54, 1.807) is 0 Å². The topological polar surface area (TPSA) is 105 Å². The second-order valence-corrected chi connectivity index (χ2v) is 8.27. The summed E-state index contributed by atoms with van der Waals surface area (Å²) in [5.41, 5.74) is 0. The Morgan fingerprint density at radius 1 is 0.846 bits per heavy atom. The van der Waals surface area contributed by atoms with Gasteiger partial charge in [0.2, 0.25) is 0 Å². The smallest absolute Gasteiger partial charge is 0.367 e. The second kappa shape index (κ2) is 8.98. The van der Waals surface area contributed by atoms with Gasteiger partial charge in [0.1, 0.15) is 25.4 Å². The summed E-state index contributed by atoms with van der Waals surface area (Å²) in [5, 5.41) is -0.730. The normalized spacial score (nSPS) is 31.2. The first-order valence-electron chi connectivity index (χ1n) is 8.53. The molecule has 0 aromatic rings. The molecule has 8 nitrogen and oxygen atoms in total. The number of hydrogen-bond donors (Lipinski definition) is 0. The number of ether oxygens (including phenoxy) is 4. The molecule has 1 saturated carbocycles. The summed E-state index contributed by atoms with van der Waals surface area (Å²) in [5.74, 6) is -1.10. The lowest BCUT2D eigenvalue weighted by molar-refractivity contribution is -0.165. The second-order valence-electron chi connectivity index (χ2n) is 6.36. The average molecular weight is 404 g/mol. The minimum absolute atomic E-state index is 0.00505. The van der Waals surface area contributed by atoms with Crippen molar-refractivity contribution in [2.45, 2.75) is 37.9 Å². The average Bonchev–Trinajstić information content (AvgIpc) is 3.25. The molecule has 0 bridgehead atoms. The van der Waals surface area contributed by atoms with E-state index in [1.165, 1.54) is 0 Å². The first-order valence-corrected chi connectivity index (χ1v) is 10.5. The predicted octanol–water partition coefficient (Wildman–Crippen LogP) is 2.38. The summed E-state index contributed by atoms with van der Waals surface area (Å²) < 4.78 is 20.5. The van der Waals surface area contributed by atoms with Gasteiger partial charge in [-0.25, -0.2) is 9.59 Å². The van der Waals surface area contributed by atoms with Gasteiger partial charge in [-0.3, -0.25) is 9.59 Å². The van der Waals surface area contributed by atoms with Crippen LogP contribution in [0.5, 0.6) is 0 Å². The van der Waals surface area contributed by atoms with Gasteiger partial charge in [-0.1, -0.05) is 12.8 Å². The molecule has 1 aliphatic carbocycles. The van der Waals surface area contributed by atoms with Crippen LogP contribution in [0, 0.1) is 11.8 Å². The molecule has 3 aliphatic rings. The van der Waals surface area contributed by atoms with Gasteiger partial charge in [0, 0.05) is 11.5 Å². The molecule has 0 spiro atoms. The first kappa shape index (κ1) is 19.3. The van der Waals surface area contributed by atoms with Crippen LogP contribution >= 0.6 is 23.5 Å². The lowest BCUT2D eigenvalue weighted by atomic mass is 9.79. The Morgan fingerprint density at radius 2 is 1.27 bits per heavy atom. The fraction of sp³-hybridized carbons (Fsp3) is 0.750. The maximum absolute atomic E-state index is 12.4. The Balaban J connectivity index is 1.48. The van der Waals surface area contributed by atoms with E-state index < -0.39 is 36.0 Å². The largest absolute Gasteiger partial charge is 0.461 e. The van der Waals surface area contributed by atoms with Crippen LogP contribution in [0.3, 0.4) is 0 Å². The molecule has 2 aliphatic heterocycles. The van der Waals surface area contributed by atoms with Crippen LogP contribution < -0.4 is 0 Å². The molecule has 10 heteroatoms. The number of cyclic esters (lactones) is 2. The predicted molar refractivity (Wildman–Crippen MR) is 92.8 cm³/mol. The fourth-order valence-electron chi connectivity index (χ4n) is 3.15. The van der Waals surface area contributed by atoms with Crippen LogP contribution in [0.15, 0.2) is 0 Å². The van der Waals surface area contributed by atoms with Gasteiger partial charge < -0.3 is 18.9 Å². The van der Waals surface area contributed by atoms with E-state index in [-0.39, 0.29) is 23.8 Å². The van der Waals surface area contributed by atoms with Gasteiger partial charge in [0.15, 0.2) is 0 Å². The first-order chi connectivity index (χ1) is 12.5. The maximum atomic E-state index is 12.4. The highest BCUT2D eigenvalue weighted by Gasteiger charge is 2.39. The number of carbonyl (C=O) groups excluding carboxylic acids is 4. The SMILES string of the molecule is O=C1OC(COC(=O)C2CCCCC2C(=O)OCC2CSC(=O)O2)CS1. The fourth-order valence-corrected chi connectivity index (χ4v) is 4.53. The van der Waals surface area contributed by atoms with E-state index in [4.69, 9.17) is 18.9 Å². The Morgan fingerprint density at radius 3 is 1.62 bits per heavy atom. The van der Waals surface area contributed by atoms with Gasteiger partial charge in [-0.2, -0.15) is 0 Å². The Kier molecular flexibility index (Phi) is 6.68. The summed E-state index contributed by atoms with van der Waals surface area (Å²) in [7, 11) is 0. The van der Waals surface area contributed by atoms with Crippen LogP contribution in [0.2, 0.25) is 0 Å². The van der Waals surface area contributed by atoms with Crippen molar-refractivity contribution < 1.29 is 38.1 Å². The van der Waals surface area contributed by atoms with Gasteiger partial charge in [-0.05, 0) is 36.4 Å². The van der Waals surface area contributed by atoms with Crippen molar-refractivity contribution in [1.29, 1.82) is 0 Å². The van der Waals surface area contributed by atoms with E-state index in [1.807, 2.05) is 0 Å². The third-order valence-corrected chi connectivity index (χ3v) is 6.24. The summed E-state index contributed by atoms with van der Waals surface area (Å²) in [6.07, 6.45) is 1.95. The molecule has 3 rings (SSSR count). The van der Waals surface area contributed by atoms with Crippen molar-refractivity contribution in [2.75, 3.05) is 24.7 Å². The van der Waals surface area contributed by atoms with Crippen LogP contribution in [0.25, 0.3) is 0 Å². The Hall–Kier alpha value is -1.42. The summed E-state index contributed by atoms with van der Waals surface area (Å²) >= 11 is 2.11. The van der Waals surface area contributed by atoms with Crippen LogP contribution in [0.1, 0.15) is 25.7 Å². The van der Waals surface area contributed by atoms with Crippen molar-refractivity contribution in [3.8, 4) is 0 Å². The molecule has 0 radical (unpaired) electrons. The molecular formula is C16H20O8S2. The third-order valence-electron chi connectivity index (χ3n) is 4.49. The standard InChI is InChI=1S/C16H20O8S2/c17-13(21-5-9-7-25-15(19)23-9)11-3-1-2-4-12(11)14(18)22-6-10-8-26-16(20)24-10/h9-12H,1-8H2. The molecule has 2 saturated heterocycles. The molecule has 0 aromatic heterocycles. The number of carbonyl (C=O) groups is 4. The van der Waals surface area contributed by atoms with E-state index in [0.717, 1.165) is 36.4 Å². The quantitative estimate of drug-likeness (QED) is 0.484. The van der Waals surface area contributed by atoms with Crippen LogP contribution in [-0.4, -0.2) is 59.5 Å². The summed E-state index contributed by atoms with van der Waals surface area (Å²) in [6, 6.07) is 0. The molecule has 2 heterocycles. The monoisotopic (exact) mass is 404 g/mol. The zero-order chi connectivity index (χ0) is 18.5. The number of hydrogen-bond acceptors (Lipinski definition) is 10. The molecule has 0 aromatic carbocycles. The Bertz CT molecular complexity index is 531. The molecule has 4 atom stereocenters. The molecule has 4 unspecified atom stereocenters.